The minimum Gasteiger partial charge on any atom is -0.335 e. The third-order valence-corrected chi connectivity index (χ3v) is 6.47. The summed E-state index contributed by atoms with van der Waals surface area (Å²) in [5.41, 5.74) is 2.34. The van der Waals surface area contributed by atoms with Gasteiger partial charge < -0.3 is 9.47 Å². The highest BCUT2D eigenvalue weighted by molar-refractivity contribution is 7.99. The number of pyridine rings is 1. The molecule has 0 spiro atoms. The Morgan fingerprint density at radius 1 is 1.23 bits per heavy atom. The van der Waals surface area contributed by atoms with E-state index in [4.69, 9.17) is 11.6 Å². The minimum atomic E-state index is -0.157. The van der Waals surface area contributed by atoms with E-state index >= 15 is 0 Å². The van der Waals surface area contributed by atoms with E-state index in [-0.39, 0.29) is 11.9 Å². The van der Waals surface area contributed by atoms with Crippen LogP contribution in [0.5, 0.6) is 0 Å². The summed E-state index contributed by atoms with van der Waals surface area (Å²) in [7, 11) is 3.67. The molecule has 158 valence electrons. The lowest BCUT2D eigenvalue weighted by atomic mass is 10.1. The molecule has 0 bridgehead atoms. The maximum Gasteiger partial charge on any atom is 0.255 e. The molecule has 0 aliphatic rings. The van der Waals surface area contributed by atoms with Crippen LogP contribution in [0.2, 0.25) is 5.02 Å². The van der Waals surface area contributed by atoms with Gasteiger partial charge in [-0.25, -0.2) is 19.6 Å². The molecule has 1 amide bonds. The molecule has 3 heterocycles. The van der Waals surface area contributed by atoms with Gasteiger partial charge in [-0.3, -0.25) is 4.79 Å². The van der Waals surface area contributed by atoms with Crippen LogP contribution in [0.4, 0.5) is 0 Å². The van der Waals surface area contributed by atoms with Crippen LogP contribution in [-0.4, -0.2) is 47.2 Å². The number of nitrogens with zero attached hydrogens (tertiary/aromatic N) is 7. The molecule has 0 N–H and O–H groups in total. The highest BCUT2D eigenvalue weighted by atomic mass is 35.5. The van der Waals surface area contributed by atoms with Gasteiger partial charge in [0, 0.05) is 32.7 Å². The largest absolute Gasteiger partial charge is 0.335 e. The topological polar surface area (TPSA) is 81.7 Å². The fourth-order valence-electron chi connectivity index (χ4n) is 3.00. The van der Waals surface area contributed by atoms with Crippen molar-refractivity contribution in [3.63, 3.8) is 0 Å². The van der Waals surface area contributed by atoms with Gasteiger partial charge >= 0.3 is 0 Å². The first kappa shape index (κ1) is 21.1. The van der Waals surface area contributed by atoms with E-state index in [2.05, 4.69) is 20.1 Å². The third kappa shape index (κ3) is 4.47. The van der Waals surface area contributed by atoms with Crippen molar-refractivity contribution < 1.29 is 4.79 Å². The maximum absolute atomic E-state index is 13.0. The predicted octanol–water partition coefficient (Wildman–Crippen LogP) is 4.03. The van der Waals surface area contributed by atoms with Gasteiger partial charge in [-0.15, -0.1) is 0 Å². The first-order chi connectivity index (χ1) is 14.9. The SMILES string of the molecule is C[C@@H](c1ccc(-n2cncn2)cc1)N(C)C(=O)c1cnc(Sc2nccn2C)c(Cl)c1. The summed E-state index contributed by atoms with van der Waals surface area (Å²) in [6.45, 7) is 1.97. The molecule has 0 saturated carbocycles. The average molecular weight is 454 g/mol. The minimum absolute atomic E-state index is 0.141. The number of aromatic nitrogens is 6. The highest BCUT2D eigenvalue weighted by Crippen LogP contribution is 2.31. The van der Waals surface area contributed by atoms with Gasteiger partial charge in [0.15, 0.2) is 5.16 Å². The molecule has 1 atom stereocenters. The number of carbonyl (C=O) groups excluding carboxylic acids is 1. The summed E-state index contributed by atoms with van der Waals surface area (Å²) in [4.78, 5) is 27.3. The Balaban J connectivity index is 1.48. The van der Waals surface area contributed by atoms with E-state index in [1.54, 1.807) is 41.4 Å². The van der Waals surface area contributed by atoms with Crippen LogP contribution >= 0.6 is 23.4 Å². The summed E-state index contributed by atoms with van der Waals surface area (Å²) in [6.07, 6.45) is 8.24. The van der Waals surface area contributed by atoms with E-state index in [0.717, 1.165) is 16.4 Å². The maximum atomic E-state index is 13.0. The monoisotopic (exact) mass is 453 g/mol. The molecule has 10 heteroatoms. The van der Waals surface area contributed by atoms with E-state index in [9.17, 15) is 4.79 Å². The molecule has 1 aromatic carbocycles. The van der Waals surface area contributed by atoms with Gasteiger partial charge in [-0.05, 0) is 42.4 Å². The number of imidazole rings is 1. The zero-order valence-corrected chi connectivity index (χ0v) is 18.7. The van der Waals surface area contributed by atoms with Crippen LogP contribution < -0.4 is 0 Å². The Kier molecular flexibility index (Phi) is 6.06. The lowest BCUT2D eigenvalue weighted by Crippen LogP contribution is -2.29. The summed E-state index contributed by atoms with van der Waals surface area (Å²) in [5.74, 6) is -0.157. The van der Waals surface area contributed by atoms with Gasteiger partial charge in [0.2, 0.25) is 0 Å². The lowest BCUT2D eigenvalue weighted by Gasteiger charge is -2.25. The molecule has 0 aliphatic heterocycles. The quantitative estimate of drug-likeness (QED) is 0.438. The Morgan fingerprint density at radius 2 is 2.00 bits per heavy atom. The standard InChI is InChI=1S/C21H20ClN7OS/c1-14(15-4-6-17(7-5-15)29-13-23-12-26-29)28(3)20(30)16-10-18(22)19(25-11-16)31-21-24-8-9-27(21)2/h4-14H,1-3H3/t14-/m0/s1. The van der Waals surface area contributed by atoms with Crippen molar-refractivity contribution in [2.45, 2.75) is 23.1 Å². The molecular formula is C21H20ClN7OS. The van der Waals surface area contributed by atoms with Crippen LogP contribution in [0, 0.1) is 0 Å². The molecule has 3 aromatic heterocycles. The molecular weight excluding hydrogens is 434 g/mol. The van der Waals surface area contributed by atoms with Crippen LogP contribution in [0.25, 0.3) is 5.69 Å². The average Bonchev–Trinajstić information content (AvgIpc) is 3.46. The van der Waals surface area contributed by atoms with Crippen molar-refractivity contribution >= 4 is 29.3 Å². The van der Waals surface area contributed by atoms with Crippen LogP contribution in [0.1, 0.15) is 28.9 Å². The van der Waals surface area contributed by atoms with Gasteiger partial charge in [0.05, 0.1) is 22.3 Å². The Labute approximate surface area is 188 Å². The number of benzene rings is 1. The number of aryl methyl sites for hydroxylation is 1. The Bertz CT molecular complexity index is 1190. The van der Waals surface area contributed by atoms with Crippen molar-refractivity contribution in [2.24, 2.45) is 7.05 Å². The molecule has 0 saturated heterocycles. The van der Waals surface area contributed by atoms with Gasteiger partial charge in [-0.1, -0.05) is 23.7 Å². The highest BCUT2D eigenvalue weighted by Gasteiger charge is 2.21. The van der Waals surface area contributed by atoms with Crippen LogP contribution in [0.3, 0.4) is 0 Å². The van der Waals surface area contributed by atoms with Gasteiger partial charge in [-0.2, -0.15) is 5.10 Å². The third-order valence-electron chi connectivity index (χ3n) is 4.98. The number of rotatable bonds is 6. The molecule has 8 nitrogen and oxygen atoms in total. The number of carbonyl (C=O) groups is 1. The van der Waals surface area contributed by atoms with E-state index < -0.39 is 0 Å². The van der Waals surface area contributed by atoms with Crippen molar-refractivity contribution in [1.82, 2.24) is 34.2 Å². The van der Waals surface area contributed by atoms with Gasteiger partial charge in [0.25, 0.3) is 5.91 Å². The molecule has 4 aromatic rings. The second-order valence-corrected chi connectivity index (χ2v) is 8.32. The van der Waals surface area contributed by atoms with Crippen LogP contribution in [-0.2, 0) is 7.05 Å². The fourth-order valence-corrected chi connectivity index (χ4v) is 4.04. The smallest absolute Gasteiger partial charge is 0.255 e. The molecule has 0 fully saturated rings. The molecule has 0 unspecified atom stereocenters. The first-order valence-corrected chi connectivity index (χ1v) is 10.7. The van der Waals surface area contributed by atoms with E-state index in [1.807, 2.05) is 49.0 Å². The Hall–Kier alpha value is -3.17. The summed E-state index contributed by atoms with van der Waals surface area (Å²) in [6, 6.07) is 9.35. The van der Waals surface area contributed by atoms with Crippen molar-refractivity contribution in [3.8, 4) is 5.69 Å². The van der Waals surface area contributed by atoms with Gasteiger partial charge in [0.1, 0.15) is 17.7 Å². The van der Waals surface area contributed by atoms with Crippen molar-refractivity contribution in [1.29, 1.82) is 0 Å². The summed E-state index contributed by atoms with van der Waals surface area (Å²) < 4.78 is 3.56. The zero-order valence-electron chi connectivity index (χ0n) is 17.2. The van der Waals surface area contributed by atoms with E-state index in [1.165, 1.54) is 18.1 Å². The summed E-state index contributed by atoms with van der Waals surface area (Å²) >= 11 is 7.76. The fraction of sp³-hybridized carbons (Fsp3) is 0.190. The second-order valence-electron chi connectivity index (χ2n) is 6.96. The molecule has 31 heavy (non-hydrogen) atoms. The second kappa shape index (κ2) is 8.91. The first-order valence-electron chi connectivity index (χ1n) is 9.47. The Morgan fingerprint density at radius 3 is 2.61 bits per heavy atom. The molecule has 0 aliphatic carbocycles. The zero-order chi connectivity index (χ0) is 22.0. The number of amides is 1. The lowest BCUT2D eigenvalue weighted by molar-refractivity contribution is 0.0742. The van der Waals surface area contributed by atoms with E-state index in [0.29, 0.717) is 15.6 Å². The predicted molar refractivity (Wildman–Crippen MR) is 118 cm³/mol. The number of hydrogen-bond donors (Lipinski definition) is 0. The molecule has 0 radical (unpaired) electrons. The number of hydrogen-bond acceptors (Lipinski definition) is 6. The van der Waals surface area contributed by atoms with Crippen LogP contribution in [0.15, 0.2) is 71.8 Å². The normalized spacial score (nSPS) is 12.0. The van der Waals surface area contributed by atoms with Crippen molar-refractivity contribution in [3.05, 3.63) is 77.7 Å². The number of halogens is 1. The molecule has 4 rings (SSSR count). The van der Waals surface area contributed by atoms with Crippen molar-refractivity contribution in [2.75, 3.05) is 7.05 Å². The summed E-state index contributed by atoms with van der Waals surface area (Å²) in [5, 5.41) is 5.91.